The van der Waals surface area contributed by atoms with Crippen LogP contribution in [0.1, 0.15) is 6.42 Å². The molecule has 0 aromatic rings. The van der Waals surface area contributed by atoms with Crippen molar-refractivity contribution in [3.8, 4) is 0 Å². The molecule has 1 aliphatic heterocycles. The number of ether oxygens (including phenoxy) is 1. The summed E-state index contributed by atoms with van der Waals surface area (Å²) in [6.07, 6.45) is 6.15. The van der Waals surface area contributed by atoms with Crippen molar-refractivity contribution in [1.29, 1.82) is 0 Å². The fourth-order valence-electron chi connectivity index (χ4n) is 1.66. The van der Waals surface area contributed by atoms with Crippen LogP contribution in [0.4, 0.5) is 0 Å². The van der Waals surface area contributed by atoms with Crippen LogP contribution in [0.2, 0.25) is 0 Å². The van der Waals surface area contributed by atoms with Gasteiger partial charge in [-0.15, -0.1) is 6.58 Å². The smallest absolute Gasteiger partial charge is 0.161 e. The van der Waals surface area contributed by atoms with Crippen LogP contribution in [0.25, 0.3) is 0 Å². The number of rotatable bonds is 1. The van der Waals surface area contributed by atoms with Crippen LogP contribution in [0, 0.1) is 5.92 Å². The van der Waals surface area contributed by atoms with E-state index in [0.717, 1.165) is 6.42 Å². The second kappa shape index (κ2) is 2.31. The van der Waals surface area contributed by atoms with Gasteiger partial charge in [0.05, 0.1) is 18.1 Å². The van der Waals surface area contributed by atoms with Crippen LogP contribution in [0.15, 0.2) is 24.8 Å². The highest BCUT2D eigenvalue weighted by Crippen LogP contribution is 2.32. The number of fused-ring (bicyclic) bond motifs is 1. The zero-order valence-electron chi connectivity index (χ0n) is 6.19. The topological polar surface area (TPSA) is 26.3 Å². The van der Waals surface area contributed by atoms with Gasteiger partial charge >= 0.3 is 0 Å². The van der Waals surface area contributed by atoms with Crippen LogP contribution < -0.4 is 0 Å². The Morgan fingerprint density at radius 1 is 1.73 bits per heavy atom. The Labute approximate surface area is 65.5 Å². The lowest BCUT2D eigenvalue weighted by atomic mass is 10.0. The summed E-state index contributed by atoms with van der Waals surface area (Å²) in [5.41, 5.74) is 0. The molecule has 2 heteroatoms. The lowest BCUT2D eigenvalue weighted by molar-refractivity contribution is -0.118. The Hall–Kier alpha value is -0.890. The molecule has 0 aromatic heterocycles. The minimum atomic E-state index is 0.0329. The minimum absolute atomic E-state index is 0.0329. The third-order valence-electron chi connectivity index (χ3n) is 2.29. The summed E-state index contributed by atoms with van der Waals surface area (Å²) in [5, 5.41) is 0. The molecular formula is C9H10O2. The molecule has 0 bridgehead atoms. The first kappa shape index (κ1) is 6.80. The van der Waals surface area contributed by atoms with Gasteiger partial charge in [0.1, 0.15) is 0 Å². The molecule has 58 valence electrons. The van der Waals surface area contributed by atoms with E-state index in [2.05, 4.69) is 6.58 Å². The minimum Gasteiger partial charge on any atom is -0.366 e. The average molecular weight is 150 g/mol. The van der Waals surface area contributed by atoms with Gasteiger partial charge in [-0.05, 0) is 12.5 Å². The zero-order chi connectivity index (χ0) is 7.84. The van der Waals surface area contributed by atoms with Gasteiger partial charge in [-0.2, -0.15) is 0 Å². The molecule has 2 aliphatic rings. The number of ketones is 1. The van der Waals surface area contributed by atoms with E-state index >= 15 is 0 Å². The van der Waals surface area contributed by atoms with E-state index in [9.17, 15) is 4.79 Å². The van der Waals surface area contributed by atoms with Gasteiger partial charge in [-0.25, -0.2) is 0 Å². The van der Waals surface area contributed by atoms with E-state index in [1.54, 1.807) is 12.2 Å². The number of carbonyl (C=O) groups excluding carboxylic acids is 1. The van der Waals surface area contributed by atoms with E-state index in [1.165, 1.54) is 0 Å². The summed E-state index contributed by atoms with van der Waals surface area (Å²) in [5.74, 6) is 0.289. The van der Waals surface area contributed by atoms with Crippen molar-refractivity contribution in [3.63, 3.8) is 0 Å². The molecule has 2 nitrogen and oxygen atoms in total. The molecule has 0 amide bonds. The highest BCUT2D eigenvalue weighted by molar-refractivity contribution is 5.95. The van der Waals surface area contributed by atoms with Crippen molar-refractivity contribution in [2.24, 2.45) is 5.92 Å². The van der Waals surface area contributed by atoms with Crippen molar-refractivity contribution in [2.45, 2.75) is 18.6 Å². The zero-order valence-corrected chi connectivity index (χ0v) is 6.19. The molecule has 1 saturated heterocycles. The Kier molecular flexibility index (Phi) is 1.43. The van der Waals surface area contributed by atoms with Gasteiger partial charge in [-0.1, -0.05) is 12.2 Å². The van der Waals surface area contributed by atoms with E-state index < -0.39 is 0 Å². The predicted octanol–water partition coefficient (Wildman–Crippen LogP) is 1.08. The van der Waals surface area contributed by atoms with Crippen molar-refractivity contribution in [2.75, 3.05) is 0 Å². The molecule has 1 aliphatic carbocycles. The Bertz CT molecular complexity index is 230. The summed E-state index contributed by atoms with van der Waals surface area (Å²) in [7, 11) is 0. The third kappa shape index (κ3) is 0.942. The molecule has 1 fully saturated rings. The third-order valence-corrected chi connectivity index (χ3v) is 2.29. The monoisotopic (exact) mass is 150 g/mol. The van der Waals surface area contributed by atoms with Crippen molar-refractivity contribution in [1.82, 2.24) is 0 Å². The van der Waals surface area contributed by atoms with Gasteiger partial charge in [0.25, 0.3) is 0 Å². The van der Waals surface area contributed by atoms with Crippen LogP contribution in [-0.4, -0.2) is 18.0 Å². The molecule has 1 heterocycles. The normalized spacial score (nSPS) is 41.1. The molecule has 11 heavy (non-hydrogen) atoms. The molecule has 0 aromatic carbocycles. The fraction of sp³-hybridized carbons (Fsp3) is 0.444. The molecule has 0 saturated carbocycles. The molecule has 0 unspecified atom stereocenters. The van der Waals surface area contributed by atoms with Crippen LogP contribution in [-0.2, 0) is 9.53 Å². The lowest BCUT2D eigenvalue weighted by Crippen LogP contribution is -2.13. The van der Waals surface area contributed by atoms with Gasteiger partial charge in [0, 0.05) is 0 Å². The Balaban J connectivity index is 2.15. The van der Waals surface area contributed by atoms with Crippen molar-refractivity contribution in [3.05, 3.63) is 24.8 Å². The lowest BCUT2D eigenvalue weighted by Gasteiger charge is -2.04. The van der Waals surface area contributed by atoms with Crippen molar-refractivity contribution >= 4 is 5.78 Å². The Morgan fingerprint density at radius 2 is 2.55 bits per heavy atom. The molecule has 3 atom stereocenters. The van der Waals surface area contributed by atoms with Gasteiger partial charge in [-0.3, -0.25) is 4.79 Å². The van der Waals surface area contributed by atoms with E-state index in [4.69, 9.17) is 4.74 Å². The fourth-order valence-corrected chi connectivity index (χ4v) is 1.66. The Morgan fingerprint density at radius 3 is 3.18 bits per heavy atom. The predicted molar refractivity (Wildman–Crippen MR) is 41.1 cm³/mol. The molecular weight excluding hydrogens is 140 g/mol. The summed E-state index contributed by atoms with van der Waals surface area (Å²) in [6, 6.07) is 0. The largest absolute Gasteiger partial charge is 0.366 e. The standard InChI is InChI=1S/C9H10O2/c1-2-6-5-7-8(10)3-4-9(7)11-6/h2-4,6-7,9H,1,5H2/t6-,7-,9+/m0/s1. The molecule has 0 spiro atoms. The number of hydrogen-bond acceptors (Lipinski definition) is 2. The maximum absolute atomic E-state index is 11.1. The quantitative estimate of drug-likeness (QED) is 0.523. The van der Waals surface area contributed by atoms with E-state index in [1.807, 2.05) is 6.08 Å². The highest BCUT2D eigenvalue weighted by atomic mass is 16.5. The average Bonchev–Trinajstić information content (AvgIpc) is 2.53. The number of carbonyl (C=O) groups is 1. The highest BCUT2D eigenvalue weighted by Gasteiger charge is 2.39. The first-order valence-corrected chi connectivity index (χ1v) is 3.81. The first-order chi connectivity index (χ1) is 5.31. The van der Waals surface area contributed by atoms with Crippen LogP contribution >= 0.6 is 0 Å². The maximum atomic E-state index is 11.1. The van der Waals surface area contributed by atoms with Crippen molar-refractivity contribution < 1.29 is 9.53 Å². The van der Waals surface area contributed by atoms with Crippen LogP contribution in [0.5, 0.6) is 0 Å². The number of allylic oxidation sites excluding steroid dienone is 1. The van der Waals surface area contributed by atoms with Gasteiger partial charge in [0.15, 0.2) is 5.78 Å². The summed E-state index contributed by atoms with van der Waals surface area (Å²) in [4.78, 5) is 11.1. The second-order valence-corrected chi connectivity index (χ2v) is 2.98. The van der Waals surface area contributed by atoms with Crippen LogP contribution in [0.3, 0.4) is 0 Å². The maximum Gasteiger partial charge on any atom is 0.161 e. The summed E-state index contributed by atoms with van der Waals surface area (Å²) < 4.78 is 5.48. The summed E-state index contributed by atoms with van der Waals surface area (Å²) in [6.45, 7) is 3.63. The second-order valence-electron chi connectivity index (χ2n) is 2.98. The molecule has 2 rings (SSSR count). The van der Waals surface area contributed by atoms with Gasteiger partial charge < -0.3 is 4.74 Å². The first-order valence-electron chi connectivity index (χ1n) is 3.81. The number of hydrogen-bond donors (Lipinski definition) is 0. The molecule has 0 radical (unpaired) electrons. The van der Waals surface area contributed by atoms with E-state index in [-0.39, 0.29) is 23.9 Å². The molecule has 0 N–H and O–H groups in total. The summed E-state index contributed by atoms with van der Waals surface area (Å²) >= 11 is 0. The SMILES string of the molecule is C=C[C@H]1C[C@H]2C(=O)C=C[C@H]2O1. The van der Waals surface area contributed by atoms with Gasteiger partial charge in [0.2, 0.25) is 0 Å². The van der Waals surface area contributed by atoms with E-state index in [0.29, 0.717) is 0 Å².